The summed E-state index contributed by atoms with van der Waals surface area (Å²) in [5, 5.41) is 0.827. The van der Waals surface area contributed by atoms with Crippen LogP contribution in [-0.4, -0.2) is 6.29 Å². The average Bonchev–Trinajstić information content (AvgIpc) is 2.15. The zero-order valence-electron chi connectivity index (χ0n) is 7.50. The fraction of sp³-hybridized carbons (Fsp3) is 0.364. The topological polar surface area (TPSA) is 17.1 Å². The second-order valence-corrected chi connectivity index (χ2v) is 3.41. The van der Waals surface area contributed by atoms with Gasteiger partial charge < -0.3 is 4.79 Å². The Kier molecular flexibility index (Phi) is 4.55. The van der Waals surface area contributed by atoms with Crippen LogP contribution >= 0.6 is 11.6 Å². The molecule has 0 atom stereocenters. The van der Waals surface area contributed by atoms with Gasteiger partial charge in [0.05, 0.1) is 0 Å². The minimum atomic E-state index is 0.657. The Hall–Kier alpha value is -0.820. The molecule has 0 aliphatic carbocycles. The maximum atomic E-state index is 10.1. The fourth-order valence-electron chi connectivity index (χ4n) is 1.24. The van der Waals surface area contributed by atoms with E-state index < -0.39 is 0 Å². The number of rotatable bonds is 5. The SMILES string of the molecule is O=CCCCCc1ccccc1Cl. The smallest absolute Gasteiger partial charge is 0.119 e. The number of carbonyl (C=O) groups is 1. The molecule has 1 rings (SSSR count). The number of aldehydes is 1. The molecule has 0 saturated carbocycles. The lowest BCUT2D eigenvalue weighted by molar-refractivity contribution is -0.107. The van der Waals surface area contributed by atoms with Crippen molar-refractivity contribution in [3.8, 4) is 0 Å². The molecule has 1 aromatic rings. The Balaban J connectivity index is 2.36. The molecule has 0 spiro atoms. The zero-order valence-corrected chi connectivity index (χ0v) is 8.26. The van der Waals surface area contributed by atoms with Gasteiger partial charge in [0.25, 0.3) is 0 Å². The summed E-state index contributed by atoms with van der Waals surface area (Å²) in [6.07, 6.45) is 4.57. The Labute approximate surface area is 83.7 Å². The summed E-state index contributed by atoms with van der Waals surface area (Å²) in [7, 11) is 0. The van der Waals surface area contributed by atoms with Gasteiger partial charge in [0.15, 0.2) is 0 Å². The number of aryl methyl sites for hydroxylation is 1. The van der Waals surface area contributed by atoms with Crippen molar-refractivity contribution in [2.75, 3.05) is 0 Å². The predicted octanol–water partition coefficient (Wildman–Crippen LogP) is 3.25. The second-order valence-electron chi connectivity index (χ2n) is 3.00. The summed E-state index contributed by atoms with van der Waals surface area (Å²) in [5.74, 6) is 0. The Morgan fingerprint density at radius 1 is 1.23 bits per heavy atom. The van der Waals surface area contributed by atoms with Gasteiger partial charge in [-0.15, -0.1) is 0 Å². The summed E-state index contributed by atoms with van der Waals surface area (Å²) >= 11 is 5.97. The number of carbonyl (C=O) groups excluding carboxylic acids is 1. The molecule has 0 unspecified atom stereocenters. The van der Waals surface area contributed by atoms with Crippen LogP contribution in [0.15, 0.2) is 24.3 Å². The number of unbranched alkanes of at least 4 members (excludes halogenated alkanes) is 2. The van der Waals surface area contributed by atoms with E-state index >= 15 is 0 Å². The molecular weight excluding hydrogens is 184 g/mol. The maximum Gasteiger partial charge on any atom is 0.119 e. The Morgan fingerprint density at radius 2 is 2.00 bits per heavy atom. The molecule has 0 amide bonds. The lowest BCUT2D eigenvalue weighted by Crippen LogP contribution is -1.87. The fourth-order valence-corrected chi connectivity index (χ4v) is 1.47. The molecule has 70 valence electrons. The van der Waals surface area contributed by atoms with Gasteiger partial charge in [-0.25, -0.2) is 0 Å². The standard InChI is InChI=1S/C11H13ClO/c12-11-8-4-3-7-10(11)6-2-1-5-9-13/h3-4,7-9H,1-2,5-6H2. The lowest BCUT2D eigenvalue weighted by Gasteiger charge is -2.01. The first kappa shape index (κ1) is 10.3. The van der Waals surface area contributed by atoms with E-state index in [0.717, 1.165) is 30.6 Å². The first-order valence-electron chi connectivity index (χ1n) is 4.51. The first-order valence-corrected chi connectivity index (χ1v) is 4.89. The van der Waals surface area contributed by atoms with Crippen molar-refractivity contribution in [1.29, 1.82) is 0 Å². The van der Waals surface area contributed by atoms with Crippen molar-refractivity contribution in [3.05, 3.63) is 34.9 Å². The van der Waals surface area contributed by atoms with Crippen LogP contribution in [0.1, 0.15) is 24.8 Å². The van der Waals surface area contributed by atoms with Crippen LogP contribution in [-0.2, 0) is 11.2 Å². The third kappa shape index (κ3) is 3.60. The summed E-state index contributed by atoms with van der Waals surface area (Å²) in [6, 6.07) is 7.85. The van der Waals surface area contributed by atoms with Gasteiger partial charge in [0, 0.05) is 11.4 Å². The summed E-state index contributed by atoms with van der Waals surface area (Å²) in [5.41, 5.74) is 1.18. The molecular formula is C11H13ClO. The maximum absolute atomic E-state index is 10.1. The molecule has 0 aliphatic heterocycles. The summed E-state index contributed by atoms with van der Waals surface area (Å²) in [6.45, 7) is 0. The number of hydrogen-bond donors (Lipinski definition) is 0. The molecule has 1 aromatic carbocycles. The van der Waals surface area contributed by atoms with E-state index in [2.05, 4.69) is 0 Å². The Morgan fingerprint density at radius 3 is 2.69 bits per heavy atom. The van der Waals surface area contributed by atoms with Gasteiger partial charge in [0.1, 0.15) is 6.29 Å². The molecule has 0 radical (unpaired) electrons. The van der Waals surface area contributed by atoms with Gasteiger partial charge >= 0.3 is 0 Å². The molecule has 0 heterocycles. The van der Waals surface area contributed by atoms with Gasteiger partial charge in [-0.3, -0.25) is 0 Å². The van der Waals surface area contributed by atoms with Crippen molar-refractivity contribution in [2.24, 2.45) is 0 Å². The van der Waals surface area contributed by atoms with Crippen molar-refractivity contribution in [3.63, 3.8) is 0 Å². The van der Waals surface area contributed by atoms with E-state index in [-0.39, 0.29) is 0 Å². The van der Waals surface area contributed by atoms with Crippen molar-refractivity contribution in [2.45, 2.75) is 25.7 Å². The van der Waals surface area contributed by atoms with Crippen molar-refractivity contribution >= 4 is 17.9 Å². The lowest BCUT2D eigenvalue weighted by atomic mass is 10.1. The highest BCUT2D eigenvalue weighted by Crippen LogP contribution is 2.17. The van der Waals surface area contributed by atoms with E-state index in [1.54, 1.807) is 0 Å². The normalized spacial score (nSPS) is 9.92. The molecule has 0 bridgehead atoms. The minimum Gasteiger partial charge on any atom is -0.303 e. The molecule has 1 nitrogen and oxygen atoms in total. The van der Waals surface area contributed by atoms with Crippen LogP contribution in [0.2, 0.25) is 5.02 Å². The largest absolute Gasteiger partial charge is 0.303 e. The van der Waals surface area contributed by atoms with E-state index in [4.69, 9.17) is 11.6 Å². The quantitative estimate of drug-likeness (QED) is 0.522. The predicted molar refractivity (Wildman–Crippen MR) is 55.1 cm³/mol. The highest BCUT2D eigenvalue weighted by Gasteiger charge is 1.97. The van der Waals surface area contributed by atoms with E-state index in [1.165, 1.54) is 5.56 Å². The van der Waals surface area contributed by atoms with Crippen LogP contribution in [0.5, 0.6) is 0 Å². The monoisotopic (exact) mass is 196 g/mol. The molecule has 2 heteroatoms. The molecule has 0 aromatic heterocycles. The average molecular weight is 197 g/mol. The molecule has 0 saturated heterocycles. The van der Waals surface area contributed by atoms with E-state index in [0.29, 0.717) is 6.42 Å². The van der Waals surface area contributed by atoms with Gasteiger partial charge in [-0.2, -0.15) is 0 Å². The van der Waals surface area contributed by atoms with Crippen LogP contribution in [0.4, 0.5) is 0 Å². The van der Waals surface area contributed by atoms with Crippen molar-refractivity contribution in [1.82, 2.24) is 0 Å². The second kappa shape index (κ2) is 5.76. The van der Waals surface area contributed by atoms with Crippen LogP contribution in [0.25, 0.3) is 0 Å². The van der Waals surface area contributed by atoms with Gasteiger partial charge in [0.2, 0.25) is 0 Å². The van der Waals surface area contributed by atoms with Crippen LogP contribution in [0, 0.1) is 0 Å². The number of hydrogen-bond acceptors (Lipinski definition) is 1. The molecule has 0 N–H and O–H groups in total. The summed E-state index contributed by atoms with van der Waals surface area (Å²) in [4.78, 5) is 10.1. The minimum absolute atomic E-state index is 0.657. The van der Waals surface area contributed by atoms with Crippen LogP contribution < -0.4 is 0 Å². The highest BCUT2D eigenvalue weighted by atomic mass is 35.5. The third-order valence-electron chi connectivity index (χ3n) is 1.98. The first-order chi connectivity index (χ1) is 6.34. The molecule has 0 fully saturated rings. The number of halogens is 1. The highest BCUT2D eigenvalue weighted by molar-refractivity contribution is 6.31. The molecule has 0 aliphatic rings. The Bertz CT molecular complexity index is 271. The zero-order chi connectivity index (χ0) is 9.52. The van der Waals surface area contributed by atoms with E-state index in [9.17, 15) is 4.79 Å². The summed E-state index contributed by atoms with van der Waals surface area (Å²) < 4.78 is 0. The van der Waals surface area contributed by atoms with E-state index in [1.807, 2.05) is 24.3 Å². The van der Waals surface area contributed by atoms with Crippen molar-refractivity contribution < 1.29 is 4.79 Å². The number of benzene rings is 1. The van der Waals surface area contributed by atoms with Crippen LogP contribution in [0.3, 0.4) is 0 Å². The van der Waals surface area contributed by atoms with Gasteiger partial charge in [-0.1, -0.05) is 29.8 Å². The third-order valence-corrected chi connectivity index (χ3v) is 2.34. The van der Waals surface area contributed by atoms with Gasteiger partial charge in [-0.05, 0) is 30.9 Å². The molecule has 13 heavy (non-hydrogen) atoms.